The number of hydrogen-bond acceptors (Lipinski definition) is 3. The molecule has 3 nitrogen and oxygen atoms in total. The van der Waals surface area contributed by atoms with Crippen molar-refractivity contribution in [3.8, 4) is 11.5 Å². The molecule has 0 aliphatic heterocycles. The topological polar surface area (TPSA) is 35.5 Å². The first kappa shape index (κ1) is 12.5. The van der Waals surface area contributed by atoms with E-state index in [2.05, 4.69) is 0 Å². The number of hydrogen-bond donors (Lipinski definition) is 0. The van der Waals surface area contributed by atoms with Crippen LogP contribution >= 0.6 is 0 Å². The molecule has 0 bridgehead atoms. The van der Waals surface area contributed by atoms with Crippen LogP contribution in [0.3, 0.4) is 0 Å². The molecular formula is C12H8F2O3S. The highest BCUT2D eigenvalue weighted by atomic mass is 32.2. The van der Waals surface area contributed by atoms with E-state index in [-0.39, 0.29) is 11.5 Å². The standard InChI is InChI=1S/C12H8F2O3S/c13-9-5-1-3-7-11(9)16-18(15)17-12-8-4-2-6-10(12)14/h1-8H. The fraction of sp³-hybridized carbons (Fsp3) is 0. The van der Waals surface area contributed by atoms with Crippen LogP contribution in [0.15, 0.2) is 48.5 Å². The zero-order chi connectivity index (χ0) is 13.0. The number of para-hydroxylation sites is 2. The molecule has 6 heteroatoms. The van der Waals surface area contributed by atoms with Gasteiger partial charge in [-0.3, -0.25) is 0 Å². The zero-order valence-corrected chi connectivity index (χ0v) is 9.82. The van der Waals surface area contributed by atoms with E-state index in [1.54, 1.807) is 0 Å². The molecule has 2 aromatic rings. The van der Waals surface area contributed by atoms with Gasteiger partial charge in [-0.2, -0.15) is 4.21 Å². The summed E-state index contributed by atoms with van der Waals surface area (Å²) in [5.74, 6) is -1.81. The largest absolute Gasteiger partial charge is 0.417 e. The summed E-state index contributed by atoms with van der Waals surface area (Å²) in [5, 5.41) is 0. The lowest BCUT2D eigenvalue weighted by Gasteiger charge is -2.06. The summed E-state index contributed by atoms with van der Waals surface area (Å²) in [7, 11) is 0. The molecule has 0 fully saturated rings. The lowest BCUT2D eigenvalue weighted by Crippen LogP contribution is -2.09. The third kappa shape index (κ3) is 3.04. The van der Waals surface area contributed by atoms with Gasteiger partial charge in [-0.1, -0.05) is 24.3 Å². The first-order valence-electron chi connectivity index (χ1n) is 4.94. The van der Waals surface area contributed by atoms with Crippen molar-refractivity contribution in [3.63, 3.8) is 0 Å². The predicted molar refractivity (Wildman–Crippen MR) is 62.2 cm³/mol. The van der Waals surface area contributed by atoms with Crippen molar-refractivity contribution in [1.82, 2.24) is 0 Å². The second-order valence-electron chi connectivity index (χ2n) is 3.23. The predicted octanol–water partition coefficient (Wildman–Crippen LogP) is 3.00. The Labute approximate surface area is 105 Å². The molecule has 0 unspecified atom stereocenters. The molecule has 0 heterocycles. The lowest BCUT2D eigenvalue weighted by atomic mass is 10.3. The third-order valence-corrected chi connectivity index (χ3v) is 2.62. The van der Waals surface area contributed by atoms with Crippen LogP contribution in [0.5, 0.6) is 11.5 Å². The Kier molecular flexibility index (Phi) is 3.88. The molecule has 0 radical (unpaired) electrons. The third-order valence-electron chi connectivity index (χ3n) is 1.99. The average molecular weight is 270 g/mol. The van der Waals surface area contributed by atoms with E-state index in [4.69, 9.17) is 8.37 Å². The lowest BCUT2D eigenvalue weighted by molar-refractivity contribution is 0.429. The molecule has 0 N–H and O–H groups in total. The average Bonchev–Trinajstić information content (AvgIpc) is 2.35. The van der Waals surface area contributed by atoms with E-state index < -0.39 is 23.0 Å². The van der Waals surface area contributed by atoms with E-state index >= 15 is 0 Å². The molecule has 0 saturated heterocycles. The van der Waals surface area contributed by atoms with Gasteiger partial charge in [0.05, 0.1) is 0 Å². The minimum atomic E-state index is -2.32. The van der Waals surface area contributed by atoms with Gasteiger partial charge in [-0.15, -0.1) is 0 Å². The maximum absolute atomic E-state index is 13.2. The van der Waals surface area contributed by atoms with Crippen molar-refractivity contribution in [1.29, 1.82) is 0 Å². The molecule has 0 aliphatic carbocycles. The Hall–Kier alpha value is -1.95. The highest BCUT2D eigenvalue weighted by Crippen LogP contribution is 2.20. The first-order valence-corrected chi connectivity index (χ1v) is 5.94. The normalized spacial score (nSPS) is 10.4. The Morgan fingerprint density at radius 1 is 0.778 bits per heavy atom. The van der Waals surface area contributed by atoms with Gasteiger partial charge >= 0.3 is 11.4 Å². The highest BCUT2D eigenvalue weighted by Gasteiger charge is 2.11. The van der Waals surface area contributed by atoms with Crippen molar-refractivity contribution in [3.05, 3.63) is 60.2 Å². The van der Waals surface area contributed by atoms with E-state index in [1.807, 2.05) is 0 Å². The van der Waals surface area contributed by atoms with Crippen molar-refractivity contribution in [2.24, 2.45) is 0 Å². The molecule has 0 amide bonds. The van der Waals surface area contributed by atoms with Crippen LogP contribution < -0.4 is 8.37 Å². The molecule has 0 saturated carbocycles. The van der Waals surface area contributed by atoms with Gasteiger partial charge in [0.1, 0.15) is 0 Å². The SMILES string of the molecule is O=S(Oc1ccccc1F)Oc1ccccc1F. The van der Waals surface area contributed by atoms with E-state index in [0.29, 0.717) is 0 Å². The van der Waals surface area contributed by atoms with Gasteiger partial charge in [0.25, 0.3) is 0 Å². The summed E-state index contributed by atoms with van der Waals surface area (Å²) in [6.45, 7) is 0. The van der Waals surface area contributed by atoms with Crippen LogP contribution in [0, 0.1) is 11.6 Å². The quantitative estimate of drug-likeness (QED) is 0.856. The fourth-order valence-electron chi connectivity index (χ4n) is 1.19. The summed E-state index contributed by atoms with van der Waals surface area (Å²) in [6, 6.07) is 10.8. The van der Waals surface area contributed by atoms with Crippen LogP contribution in [0.2, 0.25) is 0 Å². The highest BCUT2D eigenvalue weighted by molar-refractivity contribution is 7.75. The second kappa shape index (κ2) is 5.59. The number of benzene rings is 2. The van der Waals surface area contributed by atoms with Gasteiger partial charge in [0, 0.05) is 0 Å². The van der Waals surface area contributed by atoms with Gasteiger partial charge in [-0.25, -0.2) is 8.78 Å². The van der Waals surface area contributed by atoms with Gasteiger partial charge in [0.15, 0.2) is 23.1 Å². The smallest absolute Gasteiger partial charge is 0.368 e. The van der Waals surface area contributed by atoms with Crippen molar-refractivity contribution < 1.29 is 21.4 Å². The van der Waals surface area contributed by atoms with Gasteiger partial charge in [0.2, 0.25) is 0 Å². The Morgan fingerprint density at radius 3 is 1.56 bits per heavy atom. The first-order chi connectivity index (χ1) is 8.66. The Bertz CT molecular complexity index is 525. The summed E-state index contributed by atoms with van der Waals surface area (Å²) in [4.78, 5) is 0. The summed E-state index contributed by atoms with van der Waals surface area (Å²) in [6.07, 6.45) is 0. The molecule has 94 valence electrons. The van der Waals surface area contributed by atoms with Crippen molar-refractivity contribution >= 4 is 11.4 Å². The van der Waals surface area contributed by atoms with Gasteiger partial charge < -0.3 is 8.37 Å². The molecule has 0 atom stereocenters. The van der Waals surface area contributed by atoms with Crippen LogP contribution in [0.25, 0.3) is 0 Å². The number of rotatable bonds is 4. The van der Waals surface area contributed by atoms with Crippen molar-refractivity contribution in [2.45, 2.75) is 0 Å². The molecule has 18 heavy (non-hydrogen) atoms. The van der Waals surface area contributed by atoms with E-state index in [1.165, 1.54) is 36.4 Å². The van der Waals surface area contributed by atoms with E-state index in [9.17, 15) is 13.0 Å². The van der Waals surface area contributed by atoms with Gasteiger partial charge in [-0.05, 0) is 24.3 Å². The van der Waals surface area contributed by atoms with Crippen LogP contribution in [-0.2, 0) is 11.4 Å². The Balaban J connectivity index is 2.06. The van der Waals surface area contributed by atoms with Crippen LogP contribution in [-0.4, -0.2) is 4.21 Å². The van der Waals surface area contributed by atoms with Crippen LogP contribution in [0.4, 0.5) is 8.78 Å². The minimum absolute atomic E-state index is 0.229. The molecule has 2 aromatic carbocycles. The minimum Gasteiger partial charge on any atom is -0.368 e. The number of halogens is 2. The van der Waals surface area contributed by atoms with E-state index in [0.717, 1.165) is 12.1 Å². The molecule has 2 rings (SSSR count). The Morgan fingerprint density at radius 2 is 1.17 bits per heavy atom. The van der Waals surface area contributed by atoms with Crippen molar-refractivity contribution in [2.75, 3.05) is 0 Å². The monoisotopic (exact) mass is 270 g/mol. The summed E-state index contributed by atoms with van der Waals surface area (Å²) in [5.41, 5.74) is 0. The molecular weight excluding hydrogens is 262 g/mol. The molecule has 0 aliphatic rings. The maximum atomic E-state index is 13.2. The zero-order valence-electron chi connectivity index (χ0n) is 9.01. The second-order valence-corrected chi connectivity index (χ2v) is 3.97. The summed E-state index contributed by atoms with van der Waals surface area (Å²) >= 11 is -2.32. The fourth-order valence-corrected chi connectivity index (χ4v) is 1.79. The molecule has 0 spiro atoms. The van der Waals surface area contributed by atoms with Crippen LogP contribution in [0.1, 0.15) is 0 Å². The molecule has 0 aromatic heterocycles. The maximum Gasteiger partial charge on any atom is 0.417 e. The summed E-state index contributed by atoms with van der Waals surface area (Å²) < 4.78 is 47.2.